The van der Waals surface area contributed by atoms with Gasteiger partial charge in [-0.1, -0.05) is 72.8 Å². The molecule has 0 radical (unpaired) electrons. The molecule has 3 aromatic carbocycles. The molecule has 5 heteroatoms. The lowest BCUT2D eigenvalue weighted by Crippen LogP contribution is -2.46. The van der Waals surface area contributed by atoms with Crippen LogP contribution in [-0.4, -0.2) is 17.3 Å². The maximum atomic E-state index is 12.7. The highest BCUT2D eigenvalue weighted by Crippen LogP contribution is 2.55. The van der Waals surface area contributed by atoms with E-state index in [0.29, 0.717) is 11.3 Å². The third kappa shape index (κ3) is 3.44. The lowest BCUT2D eigenvalue weighted by Gasteiger charge is -2.44. The third-order valence-electron chi connectivity index (χ3n) is 7.15. The zero-order valence-corrected chi connectivity index (χ0v) is 18.5. The number of para-hydroxylation sites is 1. The van der Waals surface area contributed by atoms with E-state index in [9.17, 15) is 14.9 Å². The number of ether oxygens (including phenoxy) is 1. The lowest BCUT2D eigenvalue weighted by molar-refractivity contribution is -0.532. The van der Waals surface area contributed by atoms with Gasteiger partial charge in [0.15, 0.2) is 0 Å². The summed E-state index contributed by atoms with van der Waals surface area (Å²) in [6.45, 7) is 3.96. The van der Waals surface area contributed by atoms with Crippen LogP contribution in [0.3, 0.4) is 0 Å². The molecule has 0 bridgehead atoms. The van der Waals surface area contributed by atoms with Crippen molar-refractivity contribution in [3.05, 3.63) is 122 Å². The minimum Gasteiger partial charge on any atom is -0.485 e. The van der Waals surface area contributed by atoms with Crippen molar-refractivity contribution in [2.45, 2.75) is 37.8 Å². The van der Waals surface area contributed by atoms with Crippen LogP contribution in [0.2, 0.25) is 0 Å². The number of carbonyl (C=O) groups is 1. The molecule has 0 saturated heterocycles. The number of aldehydes is 1. The Hall–Kier alpha value is -3.73. The minimum absolute atomic E-state index is 0.192. The van der Waals surface area contributed by atoms with Crippen LogP contribution in [0.15, 0.2) is 84.4 Å². The summed E-state index contributed by atoms with van der Waals surface area (Å²) in [5.41, 5.74) is 5.09. The molecule has 3 aromatic rings. The Balaban J connectivity index is 1.77. The molecule has 5 atom stereocenters. The van der Waals surface area contributed by atoms with E-state index >= 15 is 0 Å². The monoisotopic (exact) mass is 439 g/mol. The van der Waals surface area contributed by atoms with Gasteiger partial charge in [0.25, 0.3) is 0 Å². The first-order chi connectivity index (χ1) is 16.0. The molecule has 0 N–H and O–H groups in total. The van der Waals surface area contributed by atoms with Gasteiger partial charge in [-0.3, -0.25) is 14.9 Å². The van der Waals surface area contributed by atoms with Gasteiger partial charge in [-0.05, 0) is 42.2 Å². The molecule has 1 aliphatic heterocycles. The van der Waals surface area contributed by atoms with E-state index in [1.165, 1.54) is 0 Å². The minimum atomic E-state index is -0.988. The fraction of sp³-hybridized carbons (Fsp3) is 0.250. The van der Waals surface area contributed by atoms with E-state index < -0.39 is 24.0 Å². The second-order valence-corrected chi connectivity index (χ2v) is 8.93. The summed E-state index contributed by atoms with van der Waals surface area (Å²) < 4.78 is 6.47. The first kappa shape index (κ1) is 21.1. The number of nitrogens with zero attached hydrogens (tertiary/aromatic N) is 1. The van der Waals surface area contributed by atoms with Gasteiger partial charge in [0.2, 0.25) is 6.04 Å². The molecule has 0 spiro atoms. The number of nitro groups is 1. The fourth-order valence-corrected chi connectivity index (χ4v) is 5.65. The summed E-state index contributed by atoms with van der Waals surface area (Å²) in [4.78, 5) is 24.8. The summed E-state index contributed by atoms with van der Waals surface area (Å²) in [5, 5.41) is 12.7. The second-order valence-electron chi connectivity index (χ2n) is 8.93. The zero-order valence-electron chi connectivity index (χ0n) is 18.5. The predicted molar refractivity (Wildman–Crippen MR) is 126 cm³/mol. The maximum absolute atomic E-state index is 12.7. The Labute approximate surface area is 192 Å². The molecule has 5 rings (SSSR count). The summed E-state index contributed by atoms with van der Waals surface area (Å²) >= 11 is 0. The number of carbonyl (C=O) groups excluding carboxylic acids is 1. The molecule has 5 nitrogen and oxygen atoms in total. The zero-order chi connectivity index (χ0) is 23.1. The average molecular weight is 440 g/mol. The van der Waals surface area contributed by atoms with Crippen LogP contribution in [-0.2, 0) is 4.79 Å². The van der Waals surface area contributed by atoms with Crippen molar-refractivity contribution in [2.24, 2.45) is 5.92 Å². The highest BCUT2D eigenvalue weighted by Gasteiger charge is 2.54. The van der Waals surface area contributed by atoms with Crippen molar-refractivity contribution in [1.29, 1.82) is 0 Å². The SMILES string of the molecule is Cc1ccccc1[C@H]1Oc2ccccc2[C@@H]2[C@@H]1C=C(C=O)[C@@H](c1ccccc1C)[C@@H]2[N+](=O)[O-]. The van der Waals surface area contributed by atoms with E-state index in [2.05, 4.69) is 0 Å². The molecule has 1 aliphatic carbocycles. The Morgan fingerprint density at radius 2 is 1.42 bits per heavy atom. The molecule has 33 heavy (non-hydrogen) atoms. The van der Waals surface area contributed by atoms with Crippen molar-refractivity contribution in [3.63, 3.8) is 0 Å². The largest absolute Gasteiger partial charge is 0.485 e. The topological polar surface area (TPSA) is 69.4 Å². The number of hydrogen-bond donors (Lipinski definition) is 0. The van der Waals surface area contributed by atoms with Crippen LogP contribution in [0.5, 0.6) is 5.75 Å². The molecule has 0 fully saturated rings. The molecule has 2 aliphatic rings. The van der Waals surface area contributed by atoms with Crippen molar-refractivity contribution in [1.82, 2.24) is 0 Å². The molecule has 166 valence electrons. The van der Waals surface area contributed by atoms with Crippen molar-refractivity contribution in [3.8, 4) is 5.75 Å². The van der Waals surface area contributed by atoms with Gasteiger partial charge in [-0.15, -0.1) is 0 Å². The van der Waals surface area contributed by atoms with Crippen LogP contribution in [0, 0.1) is 29.9 Å². The van der Waals surface area contributed by atoms with E-state index in [-0.39, 0.29) is 10.8 Å². The Morgan fingerprint density at radius 1 is 0.848 bits per heavy atom. The third-order valence-corrected chi connectivity index (χ3v) is 7.15. The highest BCUT2D eigenvalue weighted by molar-refractivity contribution is 5.77. The van der Waals surface area contributed by atoms with Crippen molar-refractivity contribution < 1.29 is 14.5 Å². The van der Waals surface area contributed by atoms with Gasteiger partial charge < -0.3 is 4.74 Å². The summed E-state index contributed by atoms with van der Waals surface area (Å²) in [6, 6.07) is 22.2. The first-order valence-electron chi connectivity index (χ1n) is 11.2. The Kier molecular flexibility index (Phi) is 5.33. The number of rotatable bonds is 4. The molecule has 0 saturated carbocycles. The first-order valence-corrected chi connectivity index (χ1v) is 11.2. The Morgan fingerprint density at radius 3 is 2.03 bits per heavy atom. The predicted octanol–water partition coefficient (Wildman–Crippen LogP) is 5.70. The fourth-order valence-electron chi connectivity index (χ4n) is 5.65. The number of hydrogen-bond acceptors (Lipinski definition) is 4. The van der Waals surface area contributed by atoms with Gasteiger partial charge >= 0.3 is 0 Å². The van der Waals surface area contributed by atoms with Gasteiger partial charge in [-0.2, -0.15) is 0 Å². The van der Waals surface area contributed by atoms with Crippen LogP contribution >= 0.6 is 0 Å². The summed E-state index contributed by atoms with van der Waals surface area (Å²) in [7, 11) is 0. The molecule has 0 aromatic heterocycles. The van der Waals surface area contributed by atoms with Gasteiger partial charge in [-0.25, -0.2) is 0 Å². The average Bonchev–Trinajstić information content (AvgIpc) is 2.83. The molecular formula is C28H25NO4. The highest BCUT2D eigenvalue weighted by atomic mass is 16.6. The summed E-state index contributed by atoms with van der Waals surface area (Å²) in [5.74, 6) is -0.714. The number of aryl methyl sites for hydroxylation is 2. The standard InChI is InChI=1S/C28H25NO4/c1-17-9-3-5-11-20(17)25-19(16-30)15-23-26(27(25)29(31)32)22-13-7-8-14-24(22)33-28(23)21-12-6-4-10-18(21)2/h3-16,23,25-28H,1-2H3/t23-,25-,26+,27-,28+/m0/s1. The molecule has 1 heterocycles. The van der Waals surface area contributed by atoms with Crippen LogP contribution in [0.4, 0.5) is 0 Å². The van der Waals surface area contributed by atoms with E-state index in [1.54, 1.807) is 0 Å². The van der Waals surface area contributed by atoms with Crippen LogP contribution in [0.1, 0.15) is 45.8 Å². The Bertz CT molecular complexity index is 1260. The van der Waals surface area contributed by atoms with E-state index in [4.69, 9.17) is 4.74 Å². The van der Waals surface area contributed by atoms with Crippen molar-refractivity contribution >= 4 is 6.29 Å². The lowest BCUT2D eigenvalue weighted by atomic mass is 9.63. The van der Waals surface area contributed by atoms with Crippen LogP contribution < -0.4 is 4.74 Å². The van der Waals surface area contributed by atoms with E-state index in [0.717, 1.165) is 34.1 Å². The van der Waals surface area contributed by atoms with Crippen molar-refractivity contribution in [2.75, 3.05) is 0 Å². The normalized spacial score (nSPS) is 25.8. The number of fused-ring (bicyclic) bond motifs is 3. The number of benzene rings is 3. The van der Waals surface area contributed by atoms with Crippen LogP contribution in [0.25, 0.3) is 0 Å². The van der Waals surface area contributed by atoms with E-state index in [1.807, 2.05) is 92.7 Å². The van der Waals surface area contributed by atoms with Gasteiger partial charge in [0.05, 0.1) is 11.8 Å². The van der Waals surface area contributed by atoms with Gasteiger partial charge in [0.1, 0.15) is 18.1 Å². The molecular weight excluding hydrogens is 414 g/mol. The molecule has 0 amide bonds. The molecule has 0 unspecified atom stereocenters. The smallest absolute Gasteiger partial charge is 0.231 e. The second kappa shape index (κ2) is 8.32. The maximum Gasteiger partial charge on any atom is 0.231 e. The van der Waals surface area contributed by atoms with Gasteiger partial charge in [0, 0.05) is 22.0 Å². The quantitative estimate of drug-likeness (QED) is 0.297. The summed E-state index contributed by atoms with van der Waals surface area (Å²) in [6.07, 6.45) is 2.31.